The molecule has 1 N–H and O–H groups in total. The standard InChI is InChI=1S/C13H19NO3/c15-12(10-7-8-3-4-9(10)6-8)14-5-1-2-11(14)13(16)17/h8-11H,1-7H2,(H,16,17)/t8?,9?,10?,11-/m1/s1. The number of hydrogen-bond acceptors (Lipinski definition) is 2. The second-order valence-electron chi connectivity index (χ2n) is 5.81. The van der Waals surface area contributed by atoms with Gasteiger partial charge in [0.1, 0.15) is 6.04 Å². The van der Waals surface area contributed by atoms with Crippen molar-refractivity contribution in [1.29, 1.82) is 0 Å². The molecule has 1 amide bonds. The third kappa shape index (κ3) is 1.74. The van der Waals surface area contributed by atoms with Crippen LogP contribution >= 0.6 is 0 Å². The summed E-state index contributed by atoms with van der Waals surface area (Å²) in [5.41, 5.74) is 0. The molecule has 0 spiro atoms. The molecule has 0 aromatic rings. The van der Waals surface area contributed by atoms with Crippen LogP contribution in [0.5, 0.6) is 0 Å². The largest absolute Gasteiger partial charge is 0.480 e. The van der Waals surface area contributed by atoms with Crippen LogP contribution in [0.4, 0.5) is 0 Å². The minimum atomic E-state index is -0.834. The Bertz CT molecular complexity index is 355. The Kier molecular flexibility index (Phi) is 2.60. The first-order valence-corrected chi connectivity index (χ1v) is 6.70. The maximum atomic E-state index is 12.4. The van der Waals surface area contributed by atoms with Gasteiger partial charge in [-0.2, -0.15) is 0 Å². The number of aliphatic carboxylic acids is 1. The molecule has 4 heteroatoms. The van der Waals surface area contributed by atoms with E-state index in [9.17, 15) is 9.59 Å². The van der Waals surface area contributed by atoms with Gasteiger partial charge in [0, 0.05) is 12.5 Å². The molecule has 4 nitrogen and oxygen atoms in total. The number of fused-ring (bicyclic) bond motifs is 2. The Labute approximate surface area is 101 Å². The minimum absolute atomic E-state index is 0.127. The number of carbonyl (C=O) groups excluding carboxylic acids is 1. The number of carboxylic acid groups (broad SMARTS) is 1. The summed E-state index contributed by atoms with van der Waals surface area (Å²) in [6, 6.07) is -0.554. The third-order valence-corrected chi connectivity index (χ3v) is 4.88. The van der Waals surface area contributed by atoms with Crippen LogP contribution in [-0.2, 0) is 9.59 Å². The molecule has 4 atom stereocenters. The zero-order valence-electron chi connectivity index (χ0n) is 9.97. The Balaban J connectivity index is 1.71. The van der Waals surface area contributed by atoms with Crippen LogP contribution in [0.15, 0.2) is 0 Å². The third-order valence-electron chi connectivity index (χ3n) is 4.88. The summed E-state index contributed by atoms with van der Waals surface area (Å²) in [5, 5.41) is 9.11. The number of likely N-dealkylation sites (tertiary alicyclic amines) is 1. The summed E-state index contributed by atoms with van der Waals surface area (Å²) < 4.78 is 0. The Morgan fingerprint density at radius 2 is 1.94 bits per heavy atom. The molecule has 1 aliphatic heterocycles. The van der Waals surface area contributed by atoms with E-state index in [-0.39, 0.29) is 11.8 Å². The van der Waals surface area contributed by atoms with E-state index in [1.165, 1.54) is 19.3 Å². The van der Waals surface area contributed by atoms with Crippen LogP contribution in [0.2, 0.25) is 0 Å². The van der Waals surface area contributed by atoms with E-state index in [1.54, 1.807) is 4.90 Å². The van der Waals surface area contributed by atoms with E-state index >= 15 is 0 Å². The molecule has 0 radical (unpaired) electrons. The van der Waals surface area contributed by atoms with Gasteiger partial charge in [-0.25, -0.2) is 4.79 Å². The SMILES string of the molecule is O=C(O)[C@H]1CCCN1C(=O)C1CC2CCC1C2. The lowest BCUT2D eigenvalue weighted by Gasteiger charge is -2.28. The van der Waals surface area contributed by atoms with Crippen molar-refractivity contribution >= 4 is 11.9 Å². The highest BCUT2D eigenvalue weighted by molar-refractivity contribution is 5.86. The van der Waals surface area contributed by atoms with E-state index in [2.05, 4.69) is 0 Å². The van der Waals surface area contributed by atoms with Gasteiger partial charge in [0.15, 0.2) is 0 Å². The lowest BCUT2D eigenvalue weighted by atomic mass is 9.87. The van der Waals surface area contributed by atoms with Crippen LogP contribution < -0.4 is 0 Å². The van der Waals surface area contributed by atoms with Gasteiger partial charge in [-0.15, -0.1) is 0 Å². The zero-order valence-corrected chi connectivity index (χ0v) is 9.97. The average Bonchev–Trinajstić information content (AvgIpc) is 3.02. The topological polar surface area (TPSA) is 57.6 Å². The normalized spacial score (nSPS) is 39.9. The molecule has 3 fully saturated rings. The van der Waals surface area contributed by atoms with E-state index < -0.39 is 12.0 Å². The van der Waals surface area contributed by atoms with Crippen molar-refractivity contribution in [3.63, 3.8) is 0 Å². The fourth-order valence-electron chi connectivity index (χ4n) is 4.05. The second kappa shape index (κ2) is 4.00. The monoisotopic (exact) mass is 237 g/mol. The summed E-state index contributed by atoms with van der Waals surface area (Å²) in [4.78, 5) is 25.1. The van der Waals surface area contributed by atoms with E-state index in [0.717, 1.165) is 18.8 Å². The highest BCUT2D eigenvalue weighted by Crippen LogP contribution is 2.49. The number of hydrogen-bond donors (Lipinski definition) is 1. The average molecular weight is 237 g/mol. The molecule has 3 aliphatic rings. The van der Waals surface area contributed by atoms with Crippen molar-refractivity contribution < 1.29 is 14.7 Å². The number of carboxylic acids is 1. The molecular weight excluding hydrogens is 218 g/mol. The van der Waals surface area contributed by atoms with Crippen molar-refractivity contribution in [1.82, 2.24) is 4.90 Å². The van der Waals surface area contributed by atoms with Crippen molar-refractivity contribution in [2.75, 3.05) is 6.54 Å². The summed E-state index contributed by atoms with van der Waals surface area (Å²) >= 11 is 0. The molecule has 2 saturated carbocycles. The van der Waals surface area contributed by atoms with Gasteiger partial charge >= 0.3 is 5.97 Å². The van der Waals surface area contributed by atoms with Crippen LogP contribution in [-0.4, -0.2) is 34.5 Å². The maximum absolute atomic E-state index is 12.4. The Hall–Kier alpha value is -1.06. The molecule has 3 rings (SSSR count). The fourth-order valence-corrected chi connectivity index (χ4v) is 4.05. The quantitative estimate of drug-likeness (QED) is 0.791. The van der Waals surface area contributed by atoms with Crippen LogP contribution in [0.1, 0.15) is 38.5 Å². The fraction of sp³-hybridized carbons (Fsp3) is 0.846. The summed E-state index contributed by atoms with van der Waals surface area (Å²) in [6.07, 6.45) is 6.11. The van der Waals surface area contributed by atoms with E-state index in [0.29, 0.717) is 18.9 Å². The van der Waals surface area contributed by atoms with Crippen molar-refractivity contribution in [3.05, 3.63) is 0 Å². The van der Waals surface area contributed by atoms with Crippen molar-refractivity contribution in [2.45, 2.75) is 44.6 Å². The molecule has 0 aromatic carbocycles. The first-order valence-electron chi connectivity index (χ1n) is 6.70. The summed E-state index contributed by atoms with van der Waals surface area (Å²) in [5.74, 6) is 0.706. The van der Waals surface area contributed by atoms with Gasteiger partial charge in [0.05, 0.1) is 0 Å². The predicted molar refractivity (Wildman–Crippen MR) is 61.3 cm³/mol. The molecule has 2 bridgehead atoms. The lowest BCUT2D eigenvalue weighted by Crippen LogP contribution is -2.44. The van der Waals surface area contributed by atoms with Gasteiger partial charge in [-0.1, -0.05) is 6.42 Å². The highest BCUT2D eigenvalue weighted by Gasteiger charge is 2.46. The van der Waals surface area contributed by atoms with Crippen molar-refractivity contribution in [3.8, 4) is 0 Å². The lowest BCUT2D eigenvalue weighted by molar-refractivity contribution is -0.150. The smallest absolute Gasteiger partial charge is 0.326 e. The van der Waals surface area contributed by atoms with Crippen LogP contribution in [0.3, 0.4) is 0 Å². The highest BCUT2D eigenvalue weighted by atomic mass is 16.4. The molecule has 0 aromatic heterocycles. The summed E-state index contributed by atoms with van der Waals surface area (Å²) in [6.45, 7) is 0.643. The van der Waals surface area contributed by atoms with E-state index in [1.807, 2.05) is 0 Å². The molecule has 17 heavy (non-hydrogen) atoms. The number of nitrogens with zero attached hydrogens (tertiary/aromatic N) is 1. The van der Waals surface area contributed by atoms with Gasteiger partial charge in [-0.3, -0.25) is 4.79 Å². The number of rotatable bonds is 2. The van der Waals surface area contributed by atoms with Gasteiger partial charge < -0.3 is 10.0 Å². The maximum Gasteiger partial charge on any atom is 0.326 e. The molecule has 2 aliphatic carbocycles. The summed E-state index contributed by atoms with van der Waals surface area (Å²) in [7, 11) is 0. The molecule has 3 unspecified atom stereocenters. The first-order chi connectivity index (χ1) is 8.16. The molecular formula is C13H19NO3. The van der Waals surface area contributed by atoms with Crippen LogP contribution in [0, 0.1) is 17.8 Å². The molecule has 1 saturated heterocycles. The first kappa shape index (κ1) is 11.1. The number of amides is 1. The number of carbonyl (C=O) groups is 2. The Morgan fingerprint density at radius 1 is 1.12 bits per heavy atom. The van der Waals surface area contributed by atoms with Gasteiger partial charge in [0.2, 0.25) is 5.91 Å². The molecule has 1 heterocycles. The van der Waals surface area contributed by atoms with Crippen molar-refractivity contribution in [2.24, 2.45) is 17.8 Å². The van der Waals surface area contributed by atoms with Gasteiger partial charge in [0.25, 0.3) is 0 Å². The second-order valence-corrected chi connectivity index (χ2v) is 5.81. The minimum Gasteiger partial charge on any atom is -0.480 e. The predicted octanol–water partition coefficient (Wildman–Crippen LogP) is 1.50. The zero-order chi connectivity index (χ0) is 12.0. The van der Waals surface area contributed by atoms with Gasteiger partial charge in [-0.05, 0) is 43.9 Å². The van der Waals surface area contributed by atoms with E-state index in [4.69, 9.17) is 5.11 Å². The molecule has 94 valence electrons. The van der Waals surface area contributed by atoms with Crippen LogP contribution in [0.25, 0.3) is 0 Å². The Morgan fingerprint density at radius 3 is 2.53 bits per heavy atom.